The fourth-order valence-corrected chi connectivity index (χ4v) is 2.46. The smallest absolute Gasteiger partial charge is 0.252 e. The second-order valence-electron chi connectivity index (χ2n) is 5.22. The summed E-state index contributed by atoms with van der Waals surface area (Å²) in [5, 5.41) is 7.04. The molecule has 1 amide bonds. The van der Waals surface area contributed by atoms with Gasteiger partial charge in [0.25, 0.3) is 5.91 Å². The first-order chi connectivity index (χ1) is 8.50. The zero-order valence-corrected chi connectivity index (χ0v) is 12.8. The number of hydrogen-bond acceptors (Lipinski definition) is 2. The van der Waals surface area contributed by atoms with Crippen LogP contribution >= 0.6 is 24.0 Å². The molecular weight excluding hydrogens is 283 g/mol. The van der Waals surface area contributed by atoms with Crippen LogP contribution in [0.25, 0.3) is 0 Å². The lowest BCUT2D eigenvalue weighted by molar-refractivity contribution is 0.0887. The number of amides is 1. The summed E-state index contributed by atoms with van der Waals surface area (Å²) in [7, 11) is 0. The first-order valence-corrected chi connectivity index (χ1v) is 6.67. The number of rotatable bonds is 2. The van der Waals surface area contributed by atoms with Crippen LogP contribution in [0.5, 0.6) is 0 Å². The molecule has 0 atom stereocenters. The van der Waals surface area contributed by atoms with Crippen molar-refractivity contribution >= 4 is 29.9 Å². The highest BCUT2D eigenvalue weighted by Gasteiger charge is 2.28. The molecule has 1 heterocycles. The SMILES string of the molecule is Cc1ccc(Cl)cc1C(=O)NC1(C)CCNCC1.Cl. The fraction of sp³-hybridized carbons (Fsp3) is 0.500. The summed E-state index contributed by atoms with van der Waals surface area (Å²) >= 11 is 5.95. The number of aryl methyl sites for hydroxylation is 1. The molecule has 2 N–H and O–H groups in total. The Bertz CT molecular complexity index is 457. The molecule has 0 bridgehead atoms. The molecule has 106 valence electrons. The van der Waals surface area contributed by atoms with Crippen LogP contribution in [0.4, 0.5) is 0 Å². The normalized spacial score (nSPS) is 17.4. The van der Waals surface area contributed by atoms with Crippen molar-refractivity contribution in [1.29, 1.82) is 0 Å². The predicted molar refractivity (Wildman–Crippen MR) is 81.4 cm³/mol. The fourth-order valence-electron chi connectivity index (χ4n) is 2.28. The summed E-state index contributed by atoms with van der Waals surface area (Å²) in [5.74, 6) is -0.0283. The van der Waals surface area contributed by atoms with E-state index in [-0.39, 0.29) is 23.9 Å². The summed E-state index contributed by atoms with van der Waals surface area (Å²) in [4.78, 5) is 12.3. The maximum Gasteiger partial charge on any atom is 0.252 e. The van der Waals surface area contributed by atoms with E-state index in [2.05, 4.69) is 17.6 Å². The number of halogens is 2. The van der Waals surface area contributed by atoms with Gasteiger partial charge in [0, 0.05) is 16.1 Å². The summed E-state index contributed by atoms with van der Waals surface area (Å²) < 4.78 is 0. The topological polar surface area (TPSA) is 41.1 Å². The van der Waals surface area contributed by atoms with E-state index in [1.54, 1.807) is 12.1 Å². The van der Waals surface area contributed by atoms with E-state index in [0.717, 1.165) is 31.5 Å². The molecule has 0 saturated carbocycles. The zero-order chi connectivity index (χ0) is 13.2. The molecule has 1 aliphatic rings. The van der Waals surface area contributed by atoms with Crippen molar-refractivity contribution < 1.29 is 4.79 Å². The first kappa shape index (κ1) is 16.3. The molecule has 5 heteroatoms. The number of hydrogen-bond donors (Lipinski definition) is 2. The van der Waals surface area contributed by atoms with Gasteiger partial charge in [-0.3, -0.25) is 4.79 Å². The van der Waals surface area contributed by atoms with Crippen LogP contribution in [0.15, 0.2) is 18.2 Å². The van der Waals surface area contributed by atoms with Crippen LogP contribution in [-0.2, 0) is 0 Å². The molecule has 1 fully saturated rings. The van der Waals surface area contributed by atoms with Gasteiger partial charge in [-0.05, 0) is 57.5 Å². The molecule has 0 radical (unpaired) electrons. The Balaban J connectivity index is 0.00000180. The minimum Gasteiger partial charge on any atom is -0.347 e. The van der Waals surface area contributed by atoms with Crippen molar-refractivity contribution in [3.8, 4) is 0 Å². The second kappa shape index (κ2) is 6.60. The Labute approximate surface area is 125 Å². The van der Waals surface area contributed by atoms with E-state index in [1.165, 1.54) is 0 Å². The van der Waals surface area contributed by atoms with Gasteiger partial charge in [-0.1, -0.05) is 17.7 Å². The second-order valence-corrected chi connectivity index (χ2v) is 5.66. The van der Waals surface area contributed by atoms with E-state index in [4.69, 9.17) is 11.6 Å². The van der Waals surface area contributed by atoms with E-state index in [9.17, 15) is 4.79 Å². The zero-order valence-electron chi connectivity index (χ0n) is 11.3. The summed E-state index contributed by atoms with van der Waals surface area (Å²) in [6.45, 7) is 5.93. The van der Waals surface area contributed by atoms with Crippen molar-refractivity contribution in [2.75, 3.05) is 13.1 Å². The lowest BCUT2D eigenvalue weighted by Crippen LogP contribution is -2.52. The highest BCUT2D eigenvalue weighted by Crippen LogP contribution is 2.20. The Morgan fingerprint density at radius 3 is 2.63 bits per heavy atom. The molecule has 1 saturated heterocycles. The highest BCUT2D eigenvalue weighted by molar-refractivity contribution is 6.31. The van der Waals surface area contributed by atoms with Crippen molar-refractivity contribution in [2.24, 2.45) is 0 Å². The summed E-state index contributed by atoms with van der Waals surface area (Å²) in [6, 6.07) is 5.42. The Hall–Kier alpha value is -0.770. The summed E-state index contributed by atoms with van der Waals surface area (Å²) in [5.41, 5.74) is 1.51. The monoisotopic (exact) mass is 302 g/mol. The van der Waals surface area contributed by atoms with E-state index in [1.807, 2.05) is 13.0 Å². The number of carbonyl (C=O) groups excluding carboxylic acids is 1. The predicted octanol–water partition coefficient (Wildman–Crippen LogP) is 2.94. The molecule has 1 aromatic rings. The Morgan fingerprint density at radius 2 is 2.00 bits per heavy atom. The maximum atomic E-state index is 12.3. The average molecular weight is 303 g/mol. The third-order valence-electron chi connectivity index (χ3n) is 3.57. The van der Waals surface area contributed by atoms with Crippen molar-refractivity contribution in [3.63, 3.8) is 0 Å². The van der Waals surface area contributed by atoms with Gasteiger partial charge in [0.2, 0.25) is 0 Å². The van der Waals surface area contributed by atoms with E-state index in [0.29, 0.717) is 10.6 Å². The van der Waals surface area contributed by atoms with Gasteiger partial charge in [0.15, 0.2) is 0 Å². The number of carbonyl (C=O) groups is 1. The van der Waals surface area contributed by atoms with Crippen LogP contribution in [0, 0.1) is 6.92 Å². The van der Waals surface area contributed by atoms with E-state index < -0.39 is 0 Å². The van der Waals surface area contributed by atoms with Gasteiger partial charge in [0.1, 0.15) is 0 Å². The van der Waals surface area contributed by atoms with Crippen LogP contribution in [0.1, 0.15) is 35.7 Å². The molecular formula is C14H20Cl2N2O. The standard InChI is InChI=1S/C14H19ClN2O.ClH/c1-10-3-4-11(15)9-12(10)13(18)17-14(2)5-7-16-8-6-14;/h3-4,9,16H,5-8H2,1-2H3,(H,17,18);1H. The van der Waals surface area contributed by atoms with Gasteiger partial charge in [0.05, 0.1) is 0 Å². The largest absolute Gasteiger partial charge is 0.347 e. The molecule has 2 rings (SSSR count). The lowest BCUT2D eigenvalue weighted by atomic mass is 9.90. The first-order valence-electron chi connectivity index (χ1n) is 6.30. The Morgan fingerprint density at radius 1 is 1.37 bits per heavy atom. The number of nitrogens with one attached hydrogen (secondary N) is 2. The summed E-state index contributed by atoms with van der Waals surface area (Å²) in [6.07, 6.45) is 1.91. The Kier molecular flexibility index (Phi) is 5.65. The van der Waals surface area contributed by atoms with Crippen LogP contribution in [0.3, 0.4) is 0 Å². The minimum atomic E-state index is -0.114. The van der Waals surface area contributed by atoms with Gasteiger partial charge >= 0.3 is 0 Å². The molecule has 19 heavy (non-hydrogen) atoms. The molecule has 1 aromatic carbocycles. The number of benzene rings is 1. The molecule has 1 aliphatic heterocycles. The molecule has 3 nitrogen and oxygen atoms in total. The molecule has 0 aromatic heterocycles. The van der Waals surface area contributed by atoms with Gasteiger partial charge in [-0.15, -0.1) is 12.4 Å². The third-order valence-corrected chi connectivity index (χ3v) is 3.80. The van der Waals surface area contributed by atoms with E-state index >= 15 is 0 Å². The number of piperidine rings is 1. The van der Waals surface area contributed by atoms with Gasteiger partial charge in [-0.25, -0.2) is 0 Å². The van der Waals surface area contributed by atoms with Crippen molar-refractivity contribution in [2.45, 2.75) is 32.2 Å². The van der Waals surface area contributed by atoms with Crippen molar-refractivity contribution in [3.05, 3.63) is 34.3 Å². The van der Waals surface area contributed by atoms with Crippen LogP contribution in [0.2, 0.25) is 5.02 Å². The molecule has 0 unspecified atom stereocenters. The molecule has 0 spiro atoms. The lowest BCUT2D eigenvalue weighted by Gasteiger charge is -2.35. The average Bonchev–Trinajstić information content (AvgIpc) is 2.32. The van der Waals surface area contributed by atoms with Crippen LogP contribution < -0.4 is 10.6 Å². The third kappa shape index (κ3) is 4.10. The highest BCUT2D eigenvalue weighted by atomic mass is 35.5. The van der Waals surface area contributed by atoms with Crippen LogP contribution in [-0.4, -0.2) is 24.5 Å². The maximum absolute atomic E-state index is 12.3. The quantitative estimate of drug-likeness (QED) is 0.882. The minimum absolute atomic E-state index is 0. The molecule has 0 aliphatic carbocycles. The van der Waals surface area contributed by atoms with Gasteiger partial charge < -0.3 is 10.6 Å². The van der Waals surface area contributed by atoms with Gasteiger partial charge in [-0.2, -0.15) is 0 Å². The van der Waals surface area contributed by atoms with Crippen molar-refractivity contribution in [1.82, 2.24) is 10.6 Å².